The molecule has 1 aliphatic carbocycles. The van der Waals surface area contributed by atoms with Gasteiger partial charge in [-0.25, -0.2) is 9.37 Å². The summed E-state index contributed by atoms with van der Waals surface area (Å²) in [6.45, 7) is 0. The van der Waals surface area contributed by atoms with Crippen LogP contribution in [-0.2, 0) is 4.79 Å². The lowest BCUT2D eigenvalue weighted by atomic mass is 10.0. The average molecular weight is 517 g/mol. The number of rotatable bonds is 5. The molecular weight excluding hydrogens is 491 g/mol. The zero-order chi connectivity index (χ0) is 26.3. The number of amides is 1. The third-order valence-corrected chi connectivity index (χ3v) is 7.55. The summed E-state index contributed by atoms with van der Waals surface area (Å²) in [5.74, 6) is -0.120. The molecular formula is C31H25FN6O. The van der Waals surface area contributed by atoms with Crippen LogP contribution in [0.4, 0.5) is 10.1 Å². The zero-order valence-electron chi connectivity index (χ0n) is 21.0. The van der Waals surface area contributed by atoms with Crippen LogP contribution in [0.3, 0.4) is 0 Å². The van der Waals surface area contributed by atoms with Crippen molar-refractivity contribution in [2.75, 3.05) is 5.32 Å². The fourth-order valence-electron chi connectivity index (χ4n) is 5.56. The monoisotopic (exact) mass is 516 g/mol. The van der Waals surface area contributed by atoms with Gasteiger partial charge in [-0.3, -0.25) is 14.9 Å². The Hall–Kier alpha value is -4.85. The van der Waals surface area contributed by atoms with Crippen molar-refractivity contribution in [3.63, 3.8) is 0 Å². The number of aromatic amines is 2. The molecule has 0 aliphatic heterocycles. The van der Waals surface area contributed by atoms with Gasteiger partial charge in [0, 0.05) is 34.6 Å². The Kier molecular flexibility index (Phi) is 5.65. The molecule has 0 radical (unpaired) electrons. The minimum Gasteiger partial charge on any atom is -0.338 e. The van der Waals surface area contributed by atoms with Crippen molar-refractivity contribution >= 4 is 33.5 Å². The van der Waals surface area contributed by atoms with Crippen molar-refractivity contribution in [2.45, 2.75) is 25.7 Å². The second-order valence-electron chi connectivity index (χ2n) is 10.1. The van der Waals surface area contributed by atoms with E-state index in [0.29, 0.717) is 11.3 Å². The van der Waals surface area contributed by atoms with E-state index >= 15 is 0 Å². The molecule has 7 rings (SSSR count). The van der Waals surface area contributed by atoms with Crippen LogP contribution in [0.2, 0.25) is 0 Å². The van der Waals surface area contributed by atoms with Crippen LogP contribution >= 0.6 is 0 Å². The maximum atomic E-state index is 13.9. The number of carbonyl (C=O) groups is 1. The fourth-order valence-corrected chi connectivity index (χ4v) is 5.56. The molecule has 0 bridgehead atoms. The molecule has 1 saturated carbocycles. The Morgan fingerprint density at radius 1 is 0.923 bits per heavy atom. The predicted octanol–water partition coefficient (Wildman–Crippen LogP) is 7.10. The van der Waals surface area contributed by atoms with Crippen molar-refractivity contribution in [3.05, 3.63) is 85.1 Å². The molecule has 3 N–H and O–H groups in total. The molecule has 8 heteroatoms. The quantitative estimate of drug-likeness (QED) is 0.227. The smallest absolute Gasteiger partial charge is 0.227 e. The van der Waals surface area contributed by atoms with Crippen LogP contribution in [0.15, 0.2) is 79.3 Å². The van der Waals surface area contributed by atoms with Gasteiger partial charge in [0.15, 0.2) is 0 Å². The van der Waals surface area contributed by atoms with E-state index < -0.39 is 0 Å². The largest absolute Gasteiger partial charge is 0.338 e. The summed E-state index contributed by atoms with van der Waals surface area (Å²) in [5.41, 5.74) is 7.40. The van der Waals surface area contributed by atoms with Crippen molar-refractivity contribution < 1.29 is 9.18 Å². The Balaban J connectivity index is 1.25. The maximum absolute atomic E-state index is 13.9. The number of aromatic nitrogens is 5. The lowest BCUT2D eigenvalue weighted by Crippen LogP contribution is -2.20. The molecule has 39 heavy (non-hydrogen) atoms. The predicted molar refractivity (Wildman–Crippen MR) is 150 cm³/mol. The van der Waals surface area contributed by atoms with Gasteiger partial charge in [0.05, 0.1) is 23.1 Å². The molecule has 0 unspecified atom stereocenters. The van der Waals surface area contributed by atoms with E-state index in [0.717, 1.165) is 75.6 Å². The number of nitrogens with zero attached hydrogens (tertiary/aromatic N) is 3. The Labute approximate surface area is 223 Å². The van der Waals surface area contributed by atoms with E-state index in [1.807, 2.05) is 36.4 Å². The lowest BCUT2D eigenvalue weighted by Gasteiger charge is -2.11. The lowest BCUT2D eigenvalue weighted by molar-refractivity contribution is -0.119. The van der Waals surface area contributed by atoms with Crippen molar-refractivity contribution in [1.82, 2.24) is 25.1 Å². The number of pyridine rings is 2. The van der Waals surface area contributed by atoms with Gasteiger partial charge in [0.25, 0.3) is 0 Å². The highest BCUT2D eigenvalue weighted by Crippen LogP contribution is 2.35. The van der Waals surface area contributed by atoms with Crippen molar-refractivity contribution in [1.29, 1.82) is 0 Å². The molecule has 1 aliphatic rings. The van der Waals surface area contributed by atoms with Crippen LogP contribution < -0.4 is 5.32 Å². The highest BCUT2D eigenvalue weighted by molar-refractivity contribution is 6.01. The minimum atomic E-state index is -0.282. The van der Waals surface area contributed by atoms with Crippen LogP contribution in [-0.4, -0.2) is 31.1 Å². The van der Waals surface area contributed by atoms with Crippen LogP contribution in [0.5, 0.6) is 0 Å². The van der Waals surface area contributed by atoms with E-state index in [2.05, 4.69) is 36.5 Å². The third kappa shape index (κ3) is 4.33. The first kappa shape index (κ1) is 23.3. The minimum absolute atomic E-state index is 0.0732. The Morgan fingerprint density at radius 3 is 2.69 bits per heavy atom. The first-order valence-electron chi connectivity index (χ1n) is 13.1. The van der Waals surface area contributed by atoms with E-state index in [-0.39, 0.29) is 17.6 Å². The number of benzene rings is 2. The number of nitrogens with one attached hydrogen (secondary N) is 3. The summed E-state index contributed by atoms with van der Waals surface area (Å²) >= 11 is 0. The van der Waals surface area contributed by atoms with E-state index in [4.69, 9.17) is 0 Å². The summed E-state index contributed by atoms with van der Waals surface area (Å²) in [6, 6.07) is 18.5. The van der Waals surface area contributed by atoms with E-state index in [1.165, 1.54) is 12.1 Å². The van der Waals surface area contributed by atoms with E-state index in [9.17, 15) is 9.18 Å². The normalized spacial score (nSPS) is 13.9. The van der Waals surface area contributed by atoms with Gasteiger partial charge in [-0.15, -0.1) is 0 Å². The second kappa shape index (κ2) is 9.47. The number of hydrogen-bond donors (Lipinski definition) is 3. The summed E-state index contributed by atoms with van der Waals surface area (Å²) in [6.07, 6.45) is 9.33. The average Bonchev–Trinajstić information content (AvgIpc) is 3.72. The molecule has 0 atom stereocenters. The second-order valence-corrected chi connectivity index (χ2v) is 10.1. The highest BCUT2D eigenvalue weighted by atomic mass is 19.1. The van der Waals surface area contributed by atoms with Crippen LogP contribution in [0, 0.1) is 11.7 Å². The molecule has 0 saturated heterocycles. The molecule has 2 aromatic carbocycles. The molecule has 1 amide bonds. The Morgan fingerprint density at radius 2 is 1.82 bits per heavy atom. The first-order chi connectivity index (χ1) is 19.1. The molecule has 6 aromatic rings. The number of carbonyl (C=O) groups excluding carboxylic acids is 1. The van der Waals surface area contributed by atoms with Gasteiger partial charge < -0.3 is 10.3 Å². The molecule has 4 heterocycles. The number of anilines is 1. The molecule has 7 nitrogen and oxygen atoms in total. The number of fused-ring (bicyclic) bond motifs is 2. The maximum Gasteiger partial charge on any atom is 0.227 e. The van der Waals surface area contributed by atoms with Gasteiger partial charge in [0.1, 0.15) is 17.2 Å². The van der Waals surface area contributed by atoms with Gasteiger partial charge in [-0.2, -0.15) is 5.10 Å². The number of H-pyrrole nitrogens is 2. The van der Waals surface area contributed by atoms with Gasteiger partial charge >= 0.3 is 0 Å². The highest BCUT2D eigenvalue weighted by Gasteiger charge is 2.23. The summed E-state index contributed by atoms with van der Waals surface area (Å²) in [7, 11) is 0. The molecule has 192 valence electrons. The van der Waals surface area contributed by atoms with Crippen molar-refractivity contribution in [3.8, 4) is 33.6 Å². The number of hydrogen-bond acceptors (Lipinski definition) is 4. The zero-order valence-corrected chi connectivity index (χ0v) is 21.0. The van der Waals surface area contributed by atoms with Gasteiger partial charge in [0.2, 0.25) is 5.91 Å². The summed E-state index contributed by atoms with van der Waals surface area (Å²) in [4.78, 5) is 24.9. The SMILES string of the molecule is O=C(Nc1cncc(-c2ccc3[nH]nc(-c4cc5c(-c6cccc(F)c6)ccnc5[nH]4)c3c2)c1)C1CCCC1. The Bertz CT molecular complexity index is 1850. The third-order valence-electron chi connectivity index (χ3n) is 7.55. The fraction of sp³-hybridized carbons (Fsp3) is 0.161. The van der Waals surface area contributed by atoms with Crippen LogP contribution in [0.25, 0.3) is 55.6 Å². The first-order valence-corrected chi connectivity index (χ1v) is 13.1. The van der Waals surface area contributed by atoms with Gasteiger partial charge in [-0.05, 0) is 72.0 Å². The topological polar surface area (TPSA) is 99.3 Å². The molecule has 1 fully saturated rings. The molecule has 4 aromatic heterocycles. The van der Waals surface area contributed by atoms with Crippen LogP contribution in [0.1, 0.15) is 25.7 Å². The number of halogens is 1. The summed E-state index contributed by atoms with van der Waals surface area (Å²) in [5, 5.41) is 12.6. The molecule has 0 spiro atoms. The standard InChI is InChI=1S/C31H25FN6O/c32-22-7-3-6-20(12-22)24-10-11-34-30-25(24)15-28(36-30)29-26-14-19(8-9-27(26)37-38-29)21-13-23(17-33-16-21)35-31(39)18-4-1-2-5-18/h3,6-18H,1-2,4-5H2,(H,34,36)(H,35,39)(H,37,38). The summed E-state index contributed by atoms with van der Waals surface area (Å²) < 4.78 is 13.9. The van der Waals surface area contributed by atoms with Crippen molar-refractivity contribution in [2.24, 2.45) is 5.92 Å². The van der Waals surface area contributed by atoms with Gasteiger partial charge in [-0.1, -0.05) is 31.0 Å². The van der Waals surface area contributed by atoms with E-state index in [1.54, 1.807) is 24.7 Å².